The van der Waals surface area contributed by atoms with Crippen LogP contribution in [0, 0.1) is 30.9 Å². The molecule has 4 rings (SSSR count). The molecule has 9 nitrogen and oxygen atoms in total. The Morgan fingerprint density at radius 1 is 1.11 bits per heavy atom. The molecule has 0 atom stereocenters. The molecule has 0 spiro atoms. The van der Waals surface area contributed by atoms with Crippen molar-refractivity contribution >= 4 is 58.2 Å². The molecular formula is C25H21ClN4O5S. The topological polar surface area (TPSA) is 107 Å². The monoisotopic (exact) mass is 524 g/mol. The van der Waals surface area contributed by atoms with Crippen molar-refractivity contribution < 1.29 is 19.2 Å². The van der Waals surface area contributed by atoms with Crippen molar-refractivity contribution in [3.05, 3.63) is 85.7 Å². The van der Waals surface area contributed by atoms with Crippen molar-refractivity contribution in [2.24, 2.45) is 0 Å². The number of hydrogen-bond donors (Lipinski definition) is 1. The van der Waals surface area contributed by atoms with Crippen LogP contribution in [0.5, 0.6) is 5.75 Å². The van der Waals surface area contributed by atoms with E-state index < -0.39 is 16.7 Å². The molecule has 1 fully saturated rings. The van der Waals surface area contributed by atoms with Crippen LogP contribution in [0.1, 0.15) is 22.5 Å². The second kappa shape index (κ2) is 9.56. The second-order valence-electron chi connectivity index (χ2n) is 8.12. The first kappa shape index (κ1) is 25.1. The van der Waals surface area contributed by atoms with E-state index in [0.717, 1.165) is 5.69 Å². The number of nitrogens with zero attached hydrogens (tertiary/aromatic N) is 3. The van der Waals surface area contributed by atoms with Gasteiger partial charge < -0.3 is 9.30 Å². The minimum absolute atomic E-state index is 0.0423. The Morgan fingerprint density at radius 2 is 1.83 bits per heavy atom. The van der Waals surface area contributed by atoms with Gasteiger partial charge in [0.1, 0.15) is 11.3 Å². The lowest BCUT2D eigenvalue weighted by atomic mass is 10.1. The van der Waals surface area contributed by atoms with Crippen LogP contribution in [-0.4, -0.2) is 33.5 Å². The van der Waals surface area contributed by atoms with E-state index in [9.17, 15) is 19.7 Å². The smallest absolute Gasteiger partial charge is 0.271 e. The Bertz CT molecular complexity index is 1490. The molecule has 1 aromatic heterocycles. The minimum atomic E-state index is -0.626. The molecule has 1 aliphatic heterocycles. The number of aryl methyl sites for hydroxylation is 1. The third-order valence-electron chi connectivity index (χ3n) is 5.97. The molecule has 1 saturated heterocycles. The summed E-state index contributed by atoms with van der Waals surface area (Å²) in [5.41, 5.74) is 3.31. The maximum atomic E-state index is 13.5. The summed E-state index contributed by atoms with van der Waals surface area (Å²) in [6.07, 6.45) is 1.48. The lowest BCUT2D eigenvalue weighted by Gasteiger charge is -2.30. The third kappa shape index (κ3) is 4.25. The number of amides is 2. The first-order chi connectivity index (χ1) is 17.0. The number of halogens is 1. The largest absolute Gasteiger partial charge is 0.495 e. The highest BCUT2D eigenvalue weighted by Gasteiger charge is 2.35. The molecule has 184 valence electrons. The van der Waals surface area contributed by atoms with E-state index in [4.69, 9.17) is 28.6 Å². The SMILES string of the molecule is COc1ccc([N+](=O)[O-])cc1-n1c(C)cc(/C=C2\C(=O)NC(=S)N(c3cccc(Cl)c3C)C2=O)c1C. The molecule has 1 aliphatic rings. The molecule has 0 saturated carbocycles. The highest BCUT2D eigenvalue weighted by molar-refractivity contribution is 7.80. The summed E-state index contributed by atoms with van der Waals surface area (Å²) in [4.78, 5) is 38.4. The van der Waals surface area contributed by atoms with E-state index in [0.29, 0.717) is 39.0 Å². The van der Waals surface area contributed by atoms with Crippen molar-refractivity contribution in [2.75, 3.05) is 12.0 Å². The molecule has 11 heteroatoms. The Hall–Kier alpha value is -4.02. The highest BCUT2D eigenvalue weighted by Crippen LogP contribution is 2.33. The van der Waals surface area contributed by atoms with Crippen LogP contribution in [0.25, 0.3) is 11.8 Å². The minimum Gasteiger partial charge on any atom is -0.495 e. The maximum Gasteiger partial charge on any atom is 0.271 e. The van der Waals surface area contributed by atoms with Gasteiger partial charge in [-0.25, -0.2) is 0 Å². The van der Waals surface area contributed by atoms with Gasteiger partial charge in [-0.3, -0.25) is 29.9 Å². The summed E-state index contributed by atoms with van der Waals surface area (Å²) in [5.74, 6) is -0.786. The number of non-ortho nitro benzene ring substituents is 1. The van der Waals surface area contributed by atoms with E-state index in [2.05, 4.69) is 5.32 Å². The van der Waals surface area contributed by atoms with Crippen molar-refractivity contribution in [1.82, 2.24) is 9.88 Å². The van der Waals surface area contributed by atoms with Gasteiger partial charge in [0.15, 0.2) is 5.11 Å². The van der Waals surface area contributed by atoms with Gasteiger partial charge >= 0.3 is 0 Å². The number of aromatic nitrogens is 1. The van der Waals surface area contributed by atoms with E-state index in [1.165, 1.54) is 36.3 Å². The highest BCUT2D eigenvalue weighted by atomic mass is 35.5. The number of nitrogens with one attached hydrogen (secondary N) is 1. The van der Waals surface area contributed by atoms with Crippen LogP contribution in [0.15, 0.2) is 48.0 Å². The summed E-state index contributed by atoms with van der Waals surface area (Å²) in [6, 6.07) is 11.2. The Morgan fingerprint density at radius 3 is 2.50 bits per heavy atom. The van der Waals surface area contributed by atoms with Crippen molar-refractivity contribution in [3.8, 4) is 11.4 Å². The lowest BCUT2D eigenvalue weighted by Crippen LogP contribution is -2.54. The van der Waals surface area contributed by atoms with Crippen LogP contribution in [0.4, 0.5) is 11.4 Å². The van der Waals surface area contributed by atoms with E-state index >= 15 is 0 Å². The number of carbonyl (C=O) groups is 2. The third-order valence-corrected chi connectivity index (χ3v) is 6.66. The zero-order valence-corrected chi connectivity index (χ0v) is 21.4. The Labute approximate surface area is 217 Å². The predicted molar refractivity (Wildman–Crippen MR) is 141 cm³/mol. The average Bonchev–Trinajstić information content (AvgIpc) is 3.11. The molecule has 36 heavy (non-hydrogen) atoms. The van der Waals surface area contributed by atoms with E-state index in [1.54, 1.807) is 42.7 Å². The van der Waals surface area contributed by atoms with Gasteiger partial charge in [-0.05, 0) is 74.5 Å². The molecular weight excluding hydrogens is 504 g/mol. The fraction of sp³-hybridized carbons (Fsp3) is 0.160. The summed E-state index contributed by atoms with van der Waals surface area (Å²) in [5, 5.41) is 14.3. The summed E-state index contributed by atoms with van der Waals surface area (Å²) >= 11 is 11.5. The molecule has 0 bridgehead atoms. The normalized spacial score (nSPS) is 14.9. The number of nitro groups is 1. The molecule has 2 aromatic carbocycles. The van der Waals surface area contributed by atoms with Gasteiger partial charge in [-0.2, -0.15) is 0 Å². The quantitative estimate of drug-likeness (QED) is 0.169. The van der Waals surface area contributed by atoms with Gasteiger partial charge in [0, 0.05) is 28.5 Å². The molecule has 0 unspecified atom stereocenters. The van der Waals surface area contributed by atoms with Crippen molar-refractivity contribution in [2.45, 2.75) is 20.8 Å². The number of methoxy groups -OCH3 is 1. The van der Waals surface area contributed by atoms with Crippen molar-refractivity contribution in [1.29, 1.82) is 0 Å². The average molecular weight is 525 g/mol. The first-order valence-electron chi connectivity index (χ1n) is 10.7. The van der Waals surface area contributed by atoms with Crippen LogP contribution >= 0.6 is 23.8 Å². The van der Waals surface area contributed by atoms with E-state index in [-0.39, 0.29) is 16.4 Å². The molecule has 2 amide bonds. The maximum absolute atomic E-state index is 13.5. The van der Waals surface area contributed by atoms with Crippen molar-refractivity contribution in [3.63, 3.8) is 0 Å². The standard InChI is InChI=1S/C25H21ClN4O5S/c1-13-10-16(15(3)28(13)21-12-17(30(33)34)8-9-22(21)35-4)11-18-23(31)27-25(36)29(24(18)32)20-7-5-6-19(26)14(20)2/h5-12H,1-4H3,(H,27,31,36)/b18-11+. The zero-order chi connectivity index (χ0) is 26.3. The predicted octanol–water partition coefficient (Wildman–Crippen LogP) is 4.80. The number of thiocarbonyl (C=S) groups is 1. The van der Waals surface area contributed by atoms with Crippen LogP contribution in [0.2, 0.25) is 5.02 Å². The van der Waals surface area contributed by atoms with Gasteiger partial charge in [-0.15, -0.1) is 0 Å². The zero-order valence-electron chi connectivity index (χ0n) is 19.8. The molecule has 0 radical (unpaired) electrons. The van der Waals surface area contributed by atoms with Gasteiger partial charge in [0.2, 0.25) is 0 Å². The van der Waals surface area contributed by atoms with Crippen LogP contribution in [0.3, 0.4) is 0 Å². The number of ether oxygens (including phenoxy) is 1. The van der Waals surface area contributed by atoms with E-state index in [1.807, 2.05) is 6.92 Å². The van der Waals surface area contributed by atoms with Crippen LogP contribution in [-0.2, 0) is 9.59 Å². The number of carbonyl (C=O) groups excluding carboxylic acids is 2. The van der Waals surface area contributed by atoms with Crippen LogP contribution < -0.4 is 15.0 Å². The number of nitro benzene ring substituents is 1. The fourth-order valence-corrected chi connectivity index (χ4v) is 4.58. The van der Waals surface area contributed by atoms with Gasteiger partial charge in [0.05, 0.1) is 23.4 Å². The summed E-state index contributed by atoms with van der Waals surface area (Å²) in [7, 11) is 1.47. The summed E-state index contributed by atoms with van der Waals surface area (Å²) < 4.78 is 7.20. The number of benzene rings is 2. The molecule has 0 aliphatic carbocycles. The number of hydrogen-bond acceptors (Lipinski definition) is 6. The molecule has 3 aromatic rings. The summed E-state index contributed by atoms with van der Waals surface area (Å²) in [6.45, 7) is 5.35. The fourth-order valence-electron chi connectivity index (χ4n) is 4.14. The first-order valence-corrected chi connectivity index (χ1v) is 11.5. The molecule has 2 heterocycles. The lowest BCUT2D eigenvalue weighted by molar-refractivity contribution is -0.384. The number of rotatable bonds is 5. The number of anilines is 1. The molecule has 1 N–H and O–H groups in total. The van der Waals surface area contributed by atoms with Gasteiger partial charge in [-0.1, -0.05) is 17.7 Å². The van der Waals surface area contributed by atoms with Gasteiger partial charge in [0.25, 0.3) is 17.5 Å². The second-order valence-corrected chi connectivity index (χ2v) is 8.91. The Balaban J connectivity index is 1.83. The Kier molecular flexibility index (Phi) is 6.66.